The summed E-state index contributed by atoms with van der Waals surface area (Å²) in [5.41, 5.74) is 3.41. The van der Waals surface area contributed by atoms with Crippen molar-refractivity contribution in [2.45, 2.75) is 12.1 Å². The van der Waals surface area contributed by atoms with E-state index in [-0.39, 0.29) is 17.8 Å². The Hall–Kier alpha value is -2.87. The molecule has 8 heteroatoms. The molecule has 2 aromatic heterocycles. The third-order valence-corrected chi connectivity index (χ3v) is 6.56. The number of phenols is 1. The summed E-state index contributed by atoms with van der Waals surface area (Å²) in [7, 11) is 0. The number of benzene rings is 2. The number of aromatic hydroxyl groups is 1. The number of phenolic OH excluding ortho intramolecular Hbond substituents is 1. The van der Waals surface area contributed by atoms with Crippen LogP contribution in [0, 0.1) is 0 Å². The van der Waals surface area contributed by atoms with Crippen molar-refractivity contribution >= 4 is 50.5 Å². The quantitative estimate of drug-likeness (QED) is 0.312. The number of rotatable bonds is 4. The number of thiocarbonyl (C=S) groups is 1. The fraction of sp³-hybridized carbons (Fsp3) is 0.0833. The molecule has 0 amide bonds. The van der Waals surface area contributed by atoms with Gasteiger partial charge in [0.05, 0.1) is 17.4 Å². The first-order chi connectivity index (χ1) is 15.5. The number of aromatic nitrogens is 2. The van der Waals surface area contributed by atoms with E-state index in [1.54, 1.807) is 24.4 Å². The van der Waals surface area contributed by atoms with Gasteiger partial charge in [0, 0.05) is 33.3 Å². The van der Waals surface area contributed by atoms with Crippen LogP contribution < -0.4 is 10.2 Å². The molecule has 2 N–H and O–H groups in total. The molecule has 0 radical (unpaired) electrons. The molecule has 1 aliphatic rings. The number of anilines is 1. The van der Waals surface area contributed by atoms with E-state index in [1.807, 2.05) is 59.6 Å². The Morgan fingerprint density at radius 3 is 2.59 bits per heavy atom. The van der Waals surface area contributed by atoms with Crippen LogP contribution in [0.4, 0.5) is 5.69 Å². The molecule has 1 aliphatic heterocycles. The van der Waals surface area contributed by atoms with Gasteiger partial charge in [0.1, 0.15) is 11.8 Å². The number of hydrogen-bond acceptors (Lipinski definition) is 3. The summed E-state index contributed by atoms with van der Waals surface area (Å²) in [6.07, 6.45) is 3.79. The van der Waals surface area contributed by atoms with Crippen LogP contribution in [-0.4, -0.2) is 19.8 Å². The highest BCUT2D eigenvalue weighted by molar-refractivity contribution is 9.10. The monoisotopic (exact) mass is 524 g/mol. The zero-order valence-corrected chi connectivity index (χ0v) is 19.8. The molecule has 2 atom stereocenters. The Morgan fingerprint density at radius 1 is 1.03 bits per heavy atom. The predicted molar refractivity (Wildman–Crippen MR) is 135 cm³/mol. The van der Waals surface area contributed by atoms with Gasteiger partial charge < -0.3 is 19.9 Å². The molecular weight excluding hydrogens is 508 g/mol. The van der Waals surface area contributed by atoms with Crippen LogP contribution in [0.15, 0.2) is 89.7 Å². The molecule has 160 valence electrons. The predicted octanol–water partition coefficient (Wildman–Crippen LogP) is 6.17. The smallest absolute Gasteiger partial charge is 0.174 e. The van der Waals surface area contributed by atoms with Crippen LogP contribution in [-0.2, 0) is 0 Å². The molecular formula is C24H18BrClN4OS. The lowest BCUT2D eigenvalue weighted by atomic mass is 10.0. The average Bonchev–Trinajstić information content (AvgIpc) is 3.41. The fourth-order valence-electron chi connectivity index (χ4n) is 4.08. The van der Waals surface area contributed by atoms with Crippen LogP contribution in [0.3, 0.4) is 0 Å². The van der Waals surface area contributed by atoms with Crippen molar-refractivity contribution in [3.63, 3.8) is 0 Å². The highest BCUT2D eigenvalue weighted by atomic mass is 79.9. The van der Waals surface area contributed by atoms with Crippen LogP contribution in [0.25, 0.3) is 5.69 Å². The molecule has 5 rings (SSSR count). The van der Waals surface area contributed by atoms with Gasteiger partial charge in [-0.15, -0.1) is 0 Å². The lowest BCUT2D eigenvalue weighted by Gasteiger charge is -2.29. The average molecular weight is 526 g/mol. The summed E-state index contributed by atoms with van der Waals surface area (Å²) in [5, 5.41) is 15.1. The van der Waals surface area contributed by atoms with E-state index in [0.29, 0.717) is 15.8 Å². The standard InChI is InChI=1S/C24H18BrClN4OS/c25-15-6-9-17(10-7-15)29-13-3-5-19(29)23-22(18-4-1-2-12-27-18)28-24(32)30(23)20-14-16(26)8-11-21(20)31/h1-14,22-23,31H,(H,28,32)/t22-,23-/m1/s1. The number of nitrogens with one attached hydrogen (secondary N) is 1. The number of pyridine rings is 1. The number of nitrogens with zero attached hydrogens (tertiary/aromatic N) is 3. The van der Waals surface area contributed by atoms with Gasteiger partial charge >= 0.3 is 0 Å². The summed E-state index contributed by atoms with van der Waals surface area (Å²) in [4.78, 5) is 6.50. The highest BCUT2D eigenvalue weighted by Gasteiger charge is 2.43. The first-order valence-corrected chi connectivity index (χ1v) is 11.5. The van der Waals surface area contributed by atoms with E-state index in [1.165, 1.54) is 0 Å². The summed E-state index contributed by atoms with van der Waals surface area (Å²) < 4.78 is 3.13. The van der Waals surface area contributed by atoms with E-state index in [4.69, 9.17) is 23.8 Å². The minimum Gasteiger partial charge on any atom is -0.506 e. The Labute approximate surface area is 204 Å². The maximum atomic E-state index is 10.7. The Bertz CT molecular complexity index is 1280. The van der Waals surface area contributed by atoms with Crippen molar-refractivity contribution in [3.8, 4) is 11.4 Å². The maximum Gasteiger partial charge on any atom is 0.174 e. The molecule has 0 saturated carbocycles. The first kappa shape index (κ1) is 21.0. The van der Waals surface area contributed by atoms with Gasteiger partial charge in [0.15, 0.2) is 5.11 Å². The summed E-state index contributed by atoms with van der Waals surface area (Å²) in [6, 6.07) is 22.4. The molecule has 32 heavy (non-hydrogen) atoms. The third kappa shape index (κ3) is 3.77. The fourth-order valence-corrected chi connectivity index (χ4v) is 4.85. The lowest BCUT2D eigenvalue weighted by Crippen LogP contribution is -2.30. The van der Waals surface area contributed by atoms with Gasteiger partial charge in [0.2, 0.25) is 0 Å². The first-order valence-electron chi connectivity index (χ1n) is 9.95. The van der Waals surface area contributed by atoms with Crippen molar-refractivity contribution in [2.24, 2.45) is 0 Å². The second-order valence-electron chi connectivity index (χ2n) is 7.41. The van der Waals surface area contributed by atoms with Gasteiger partial charge in [-0.05, 0) is 78.9 Å². The van der Waals surface area contributed by atoms with E-state index in [9.17, 15) is 5.11 Å². The van der Waals surface area contributed by atoms with Crippen LogP contribution >= 0.6 is 39.7 Å². The molecule has 5 nitrogen and oxygen atoms in total. The number of hydrogen-bond donors (Lipinski definition) is 2. The largest absolute Gasteiger partial charge is 0.506 e. The lowest BCUT2D eigenvalue weighted by molar-refractivity contribution is 0.472. The van der Waals surface area contributed by atoms with Crippen molar-refractivity contribution < 1.29 is 5.11 Å². The van der Waals surface area contributed by atoms with E-state index >= 15 is 0 Å². The topological polar surface area (TPSA) is 53.3 Å². The second kappa shape index (κ2) is 8.58. The summed E-state index contributed by atoms with van der Waals surface area (Å²) >= 11 is 15.5. The molecule has 0 spiro atoms. The van der Waals surface area contributed by atoms with Crippen molar-refractivity contribution in [1.29, 1.82) is 0 Å². The summed E-state index contributed by atoms with van der Waals surface area (Å²) in [6.45, 7) is 0. The second-order valence-corrected chi connectivity index (χ2v) is 9.15. The highest BCUT2D eigenvalue weighted by Crippen LogP contribution is 2.45. The zero-order valence-electron chi connectivity index (χ0n) is 16.7. The van der Waals surface area contributed by atoms with Crippen LogP contribution in [0.2, 0.25) is 5.02 Å². The minimum atomic E-state index is -0.277. The van der Waals surface area contributed by atoms with Crippen molar-refractivity contribution in [1.82, 2.24) is 14.9 Å². The van der Waals surface area contributed by atoms with Gasteiger partial charge in [-0.3, -0.25) is 4.98 Å². The number of halogens is 2. The van der Waals surface area contributed by atoms with Crippen LogP contribution in [0.1, 0.15) is 23.5 Å². The Balaban J connectivity index is 1.69. The zero-order chi connectivity index (χ0) is 22.2. The van der Waals surface area contributed by atoms with E-state index in [0.717, 1.165) is 21.5 Å². The molecule has 0 unspecified atom stereocenters. The minimum absolute atomic E-state index is 0.104. The molecule has 0 aliphatic carbocycles. The molecule has 4 aromatic rings. The third-order valence-electron chi connectivity index (χ3n) is 5.48. The van der Waals surface area contributed by atoms with Gasteiger partial charge in [-0.1, -0.05) is 33.6 Å². The molecule has 0 bridgehead atoms. The van der Waals surface area contributed by atoms with Gasteiger partial charge in [-0.2, -0.15) is 0 Å². The van der Waals surface area contributed by atoms with Gasteiger partial charge in [0.25, 0.3) is 0 Å². The normalized spacial score (nSPS) is 18.1. The van der Waals surface area contributed by atoms with E-state index in [2.05, 4.69) is 36.9 Å². The molecule has 2 aromatic carbocycles. The van der Waals surface area contributed by atoms with Crippen molar-refractivity contribution in [3.05, 3.63) is 106 Å². The summed E-state index contributed by atoms with van der Waals surface area (Å²) in [5.74, 6) is 0.104. The van der Waals surface area contributed by atoms with Crippen molar-refractivity contribution in [2.75, 3.05) is 4.90 Å². The molecule has 3 heterocycles. The Kier molecular flexibility index (Phi) is 5.63. The van der Waals surface area contributed by atoms with Gasteiger partial charge in [-0.25, -0.2) is 0 Å². The van der Waals surface area contributed by atoms with Crippen LogP contribution in [0.5, 0.6) is 5.75 Å². The molecule has 1 fully saturated rings. The van der Waals surface area contributed by atoms with E-state index < -0.39 is 0 Å². The SMILES string of the molecule is Oc1ccc(Cl)cc1N1C(=S)N[C@H](c2ccccn2)[C@H]1c1cccn1-c1ccc(Br)cc1. The molecule has 1 saturated heterocycles. The Morgan fingerprint density at radius 2 is 1.84 bits per heavy atom. The maximum absolute atomic E-state index is 10.7.